The highest BCUT2D eigenvalue weighted by Crippen LogP contribution is 2.49. The standard InChI is InChI=1S/C52H35N3S/c1-5-19-38(20-6-1)53(42-29-30-44-46-31-36-17-13-14-18-37(36)32-50(46)56-51(44)35-42)43-33-48(54(39-21-7-2-8-22-39)40-23-9-3-10-24-40)52-45-27-15-16-28-47(45)55(49(52)34-43)41-25-11-4-12-26-41/h1-35H. The number of thiophene rings is 1. The first-order valence-corrected chi connectivity index (χ1v) is 19.8. The van der Waals surface area contributed by atoms with Crippen LogP contribution in [-0.4, -0.2) is 4.57 Å². The van der Waals surface area contributed by atoms with Gasteiger partial charge in [0.05, 0.1) is 22.4 Å². The van der Waals surface area contributed by atoms with Gasteiger partial charge >= 0.3 is 0 Å². The summed E-state index contributed by atoms with van der Waals surface area (Å²) in [6.07, 6.45) is 0. The Morgan fingerprint density at radius 2 is 0.893 bits per heavy atom. The molecule has 56 heavy (non-hydrogen) atoms. The molecule has 0 aliphatic rings. The van der Waals surface area contributed by atoms with Gasteiger partial charge in [0.2, 0.25) is 0 Å². The monoisotopic (exact) mass is 733 g/mol. The van der Waals surface area contributed by atoms with Crippen molar-refractivity contribution in [1.29, 1.82) is 0 Å². The van der Waals surface area contributed by atoms with Crippen molar-refractivity contribution < 1.29 is 0 Å². The van der Waals surface area contributed by atoms with E-state index >= 15 is 0 Å². The Kier molecular flexibility index (Phi) is 7.68. The Morgan fingerprint density at radius 1 is 0.339 bits per heavy atom. The number of hydrogen-bond acceptors (Lipinski definition) is 3. The first-order valence-electron chi connectivity index (χ1n) is 19.0. The fourth-order valence-electron chi connectivity index (χ4n) is 8.42. The Balaban J connectivity index is 1.23. The van der Waals surface area contributed by atoms with E-state index in [0.29, 0.717) is 0 Å². The molecule has 0 spiro atoms. The van der Waals surface area contributed by atoms with Crippen LogP contribution in [0.4, 0.5) is 34.1 Å². The van der Waals surface area contributed by atoms with Gasteiger partial charge in [0, 0.05) is 59.4 Å². The molecule has 0 unspecified atom stereocenters. The summed E-state index contributed by atoms with van der Waals surface area (Å²) in [5.74, 6) is 0. The molecule has 264 valence electrons. The van der Waals surface area contributed by atoms with Crippen molar-refractivity contribution in [2.45, 2.75) is 0 Å². The maximum Gasteiger partial charge on any atom is 0.0583 e. The number of aromatic nitrogens is 1. The van der Waals surface area contributed by atoms with Crippen molar-refractivity contribution >= 4 is 98.2 Å². The van der Waals surface area contributed by atoms with Gasteiger partial charge in [0.15, 0.2) is 0 Å². The number of hydrogen-bond donors (Lipinski definition) is 0. The zero-order chi connectivity index (χ0) is 37.0. The maximum absolute atomic E-state index is 2.43. The molecular weight excluding hydrogens is 699 g/mol. The van der Waals surface area contributed by atoms with E-state index in [1.807, 2.05) is 11.3 Å². The smallest absolute Gasteiger partial charge is 0.0583 e. The molecule has 0 fully saturated rings. The number of anilines is 6. The lowest BCUT2D eigenvalue weighted by molar-refractivity contribution is 1.17. The van der Waals surface area contributed by atoms with Crippen molar-refractivity contribution in [3.63, 3.8) is 0 Å². The second-order valence-electron chi connectivity index (χ2n) is 14.2. The number of para-hydroxylation sites is 5. The lowest BCUT2D eigenvalue weighted by Gasteiger charge is -2.30. The van der Waals surface area contributed by atoms with Gasteiger partial charge in [-0.05, 0) is 102 Å². The van der Waals surface area contributed by atoms with Crippen LogP contribution in [0.5, 0.6) is 0 Å². The van der Waals surface area contributed by atoms with E-state index in [4.69, 9.17) is 0 Å². The van der Waals surface area contributed by atoms with E-state index in [0.717, 1.165) is 45.3 Å². The SMILES string of the molecule is c1ccc(N(c2ccc3c(c2)sc2cc4ccccc4cc23)c2cc(N(c3ccccc3)c3ccccc3)c3c4ccccc4n(-c4ccccc4)c3c2)cc1. The lowest BCUT2D eigenvalue weighted by atomic mass is 10.0. The van der Waals surface area contributed by atoms with E-state index in [1.54, 1.807) is 0 Å². The Morgan fingerprint density at radius 3 is 1.57 bits per heavy atom. The molecule has 0 radical (unpaired) electrons. The summed E-state index contributed by atoms with van der Waals surface area (Å²) in [5.41, 5.74) is 10.0. The van der Waals surface area contributed by atoms with E-state index < -0.39 is 0 Å². The van der Waals surface area contributed by atoms with Gasteiger partial charge in [-0.1, -0.05) is 121 Å². The number of nitrogens with zero attached hydrogens (tertiary/aromatic N) is 3. The third-order valence-electron chi connectivity index (χ3n) is 10.9. The molecule has 0 aliphatic heterocycles. The highest BCUT2D eigenvalue weighted by molar-refractivity contribution is 7.25. The Labute approximate surface area is 329 Å². The van der Waals surface area contributed by atoms with Crippen molar-refractivity contribution in [1.82, 2.24) is 4.57 Å². The van der Waals surface area contributed by atoms with Crippen LogP contribution in [0.2, 0.25) is 0 Å². The molecule has 0 amide bonds. The zero-order valence-electron chi connectivity index (χ0n) is 30.5. The van der Waals surface area contributed by atoms with E-state index in [1.165, 1.54) is 47.2 Å². The third kappa shape index (κ3) is 5.34. The quantitative estimate of drug-likeness (QED) is 0.162. The molecule has 0 saturated carbocycles. The molecule has 0 saturated heterocycles. The fourth-order valence-corrected chi connectivity index (χ4v) is 9.58. The molecule has 0 atom stereocenters. The fraction of sp³-hybridized carbons (Fsp3) is 0. The van der Waals surface area contributed by atoms with Crippen LogP contribution in [-0.2, 0) is 0 Å². The van der Waals surface area contributed by atoms with Gasteiger partial charge in [-0.3, -0.25) is 0 Å². The van der Waals surface area contributed by atoms with Crippen LogP contribution in [0.3, 0.4) is 0 Å². The molecular formula is C52H35N3S. The van der Waals surface area contributed by atoms with E-state index in [-0.39, 0.29) is 0 Å². The predicted octanol–water partition coefficient (Wildman–Crippen LogP) is 15.2. The van der Waals surface area contributed by atoms with Gasteiger partial charge in [-0.25, -0.2) is 0 Å². The highest BCUT2D eigenvalue weighted by Gasteiger charge is 2.25. The van der Waals surface area contributed by atoms with Crippen LogP contribution < -0.4 is 9.80 Å². The minimum Gasteiger partial charge on any atom is -0.310 e. The zero-order valence-corrected chi connectivity index (χ0v) is 31.3. The van der Waals surface area contributed by atoms with Crippen LogP contribution in [0.25, 0.3) is 58.4 Å². The molecule has 2 heterocycles. The van der Waals surface area contributed by atoms with Gasteiger partial charge in [-0.15, -0.1) is 11.3 Å². The number of fused-ring (bicyclic) bond motifs is 7. The predicted molar refractivity (Wildman–Crippen MR) is 241 cm³/mol. The Hall–Kier alpha value is -7.14. The Bertz CT molecular complexity index is 3150. The van der Waals surface area contributed by atoms with Gasteiger partial charge in [0.1, 0.15) is 0 Å². The molecule has 0 aliphatic carbocycles. The number of benzene rings is 9. The number of rotatable bonds is 7. The summed E-state index contributed by atoms with van der Waals surface area (Å²) in [6, 6.07) is 76.9. The van der Waals surface area contributed by atoms with E-state index in [9.17, 15) is 0 Å². The lowest BCUT2D eigenvalue weighted by Crippen LogP contribution is -2.14. The minimum atomic E-state index is 1.07. The van der Waals surface area contributed by atoms with Gasteiger partial charge in [-0.2, -0.15) is 0 Å². The van der Waals surface area contributed by atoms with Gasteiger partial charge in [0.25, 0.3) is 0 Å². The molecule has 0 N–H and O–H groups in total. The first kappa shape index (κ1) is 32.3. The molecule has 4 heteroatoms. The van der Waals surface area contributed by atoms with Crippen molar-refractivity contribution in [3.05, 3.63) is 212 Å². The molecule has 11 rings (SSSR count). The van der Waals surface area contributed by atoms with Crippen molar-refractivity contribution in [3.8, 4) is 5.69 Å². The topological polar surface area (TPSA) is 11.4 Å². The van der Waals surface area contributed by atoms with Crippen LogP contribution in [0, 0.1) is 0 Å². The summed E-state index contributed by atoms with van der Waals surface area (Å²) >= 11 is 1.87. The molecule has 9 aromatic carbocycles. The maximum atomic E-state index is 2.43. The molecule has 2 aromatic heterocycles. The molecule has 0 bridgehead atoms. The normalized spacial score (nSPS) is 11.6. The van der Waals surface area contributed by atoms with Crippen LogP contribution >= 0.6 is 11.3 Å². The van der Waals surface area contributed by atoms with Crippen LogP contribution in [0.15, 0.2) is 212 Å². The second-order valence-corrected chi connectivity index (χ2v) is 15.3. The van der Waals surface area contributed by atoms with Crippen molar-refractivity contribution in [2.24, 2.45) is 0 Å². The molecule has 3 nitrogen and oxygen atoms in total. The van der Waals surface area contributed by atoms with Gasteiger partial charge < -0.3 is 14.4 Å². The summed E-state index contributed by atoms with van der Waals surface area (Å²) < 4.78 is 5.00. The summed E-state index contributed by atoms with van der Waals surface area (Å²) in [5, 5.41) is 7.53. The summed E-state index contributed by atoms with van der Waals surface area (Å²) in [4.78, 5) is 4.83. The van der Waals surface area contributed by atoms with Crippen LogP contribution in [0.1, 0.15) is 0 Å². The average molecular weight is 734 g/mol. The molecule has 11 aromatic rings. The third-order valence-corrected chi connectivity index (χ3v) is 12.0. The summed E-state index contributed by atoms with van der Waals surface area (Å²) in [6.45, 7) is 0. The minimum absolute atomic E-state index is 1.07. The first-order chi connectivity index (χ1) is 27.8. The summed E-state index contributed by atoms with van der Waals surface area (Å²) in [7, 11) is 0. The van der Waals surface area contributed by atoms with Crippen molar-refractivity contribution in [2.75, 3.05) is 9.80 Å². The largest absolute Gasteiger partial charge is 0.310 e. The van der Waals surface area contributed by atoms with E-state index in [2.05, 4.69) is 227 Å². The second kappa shape index (κ2) is 13.3. The average Bonchev–Trinajstić information content (AvgIpc) is 3.79. The highest BCUT2D eigenvalue weighted by atomic mass is 32.1.